The number of carbonyl (C=O) groups excluding carboxylic acids is 1. The lowest BCUT2D eigenvalue weighted by Crippen LogP contribution is -2.30. The van der Waals surface area contributed by atoms with Gasteiger partial charge in [0.25, 0.3) is 5.91 Å². The predicted molar refractivity (Wildman–Crippen MR) is 105 cm³/mol. The Kier molecular flexibility index (Phi) is 5.42. The standard InChI is InChI=1S/C22H23NO3/c1-15(2)25-19-13-11-18(12-14-19)23-22(24)16(3)26-21-10-6-8-17-7-4-5-9-20(17)21/h4-16H,1-3H3,(H,23,24). The zero-order valence-electron chi connectivity index (χ0n) is 15.2. The molecular weight excluding hydrogens is 326 g/mol. The maximum Gasteiger partial charge on any atom is 0.265 e. The highest BCUT2D eigenvalue weighted by atomic mass is 16.5. The monoisotopic (exact) mass is 349 g/mol. The van der Waals surface area contributed by atoms with Gasteiger partial charge in [-0.05, 0) is 56.5 Å². The highest BCUT2D eigenvalue weighted by molar-refractivity contribution is 5.95. The number of benzene rings is 3. The first-order valence-electron chi connectivity index (χ1n) is 8.75. The Morgan fingerprint density at radius 1 is 0.846 bits per heavy atom. The molecule has 4 heteroatoms. The zero-order valence-corrected chi connectivity index (χ0v) is 15.2. The molecule has 0 radical (unpaired) electrons. The van der Waals surface area contributed by atoms with Crippen LogP contribution < -0.4 is 14.8 Å². The van der Waals surface area contributed by atoms with Gasteiger partial charge in [0.1, 0.15) is 11.5 Å². The highest BCUT2D eigenvalue weighted by Crippen LogP contribution is 2.26. The summed E-state index contributed by atoms with van der Waals surface area (Å²) in [6.07, 6.45) is -0.503. The lowest BCUT2D eigenvalue weighted by molar-refractivity contribution is -0.122. The minimum atomic E-state index is -0.618. The number of hydrogen-bond donors (Lipinski definition) is 1. The number of amides is 1. The number of anilines is 1. The second-order valence-corrected chi connectivity index (χ2v) is 6.42. The maximum atomic E-state index is 12.4. The Hall–Kier alpha value is -3.01. The Morgan fingerprint density at radius 2 is 1.54 bits per heavy atom. The van der Waals surface area contributed by atoms with E-state index in [0.29, 0.717) is 11.4 Å². The van der Waals surface area contributed by atoms with Crippen molar-refractivity contribution < 1.29 is 14.3 Å². The third kappa shape index (κ3) is 4.33. The summed E-state index contributed by atoms with van der Waals surface area (Å²) < 4.78 is 11.5. The number of carbonyl (C=O) groups is 1. The van der Waals surface area contributed by atoms with E-state index in [1.165, 1.54) is 0 Å². The number of ether oxygens (including phenoxy) is 2. The minimum absolute atomic E-state index is 0.115. The molecular formula is C22H23NO3. The SMILES string of the molecule is CC(C)Oc1ccc(NC(=O)C(C)Oc2cccc3ccccc23)cc1. The molecule has 0 aromatic heterocycles. The Morgan fingerprint density at radius 3 is 2.27 bits per heavy atom. The van der Waals surface area contributed by atoms with E-state index in [4.69, 9.17) is 9.47 Å². The van der Waals surface area contributed by atoms with E-state index in [9.17, 15) is 4.79 Å². The molecule has 3 aromatic rings. The molecule has 0 aliphatic carbocycles. The lowest BCUT2D eigenvalue weighted by atomic mass is 10.1. The molecule has 134 valence electrons. The second kappa shape index (κ2) is 7.91. The molecule has 0 saturated carbocycles. The summed E-state index contributed by atoms with van der Waals surface area (Å²) in [5.41, 5.74) is 0.708. The number of nitrogens with one attached hydrogen (secondary N) is 1. The van der Waals surface area contributed by atoms with Gasteiger partial charge in [-0.2, -0.15) is 0 Å². The quantitative estimate of drug-likeness (QED) is 0.679. The van der Waals surface area contributed by atoms with Crippen LogP contribution >= 0.6 is 0 Å². The van der Waals surface area contributed by atoms with Crippen LogP contribution in [0.25, 0.3) is 10.8 Å². The van der Waals surface area contributed by atoms with E-state index >= 15 is 0 Å². The van der Waals surface area contributed by atoms with Gasteiger partial charge in [0, 0.05) is 11.1 Å². The smallest absolute Gasteiger partial charge is 0.265 e. The van der Waals surface area contributed by atoms with Gasteiger partial charge < -0.3 is 14.8 Å². The first-order chi connectivity index (χ1) is 12.5. The molecule has 0 bridgehead atoms. The third-order valence-electron chi connectivity index (χ3n) is 3.92. The van der Waals surface area contributed by atoms with Gasteiger partial charge in [0.2, 0.25) is 0 Å². The molecule has 0 saturated heterocycles. The summed E-state index contributed by atoms with van der Waals surface area (Å²) in [5, 5.41) is 4.94. The van der Waals surface area contributed by atoms with E-state index in [1.807, 2.05) is 80.6 Å². The van der Waals surface area contributed by atoms with Crippen molar-refractivity contribution in [2.45, 2.75) is 33.0 Å². The van der Waals surface area contributed by atoms with E-state index < -0.39 is 6.10 Å². The molecule has 4 nitrogen and oxygen atoms in total. The van der Waals surface area contributed by atoms with Gasteiger partial charge >= 0.3 is 0 Å². The Labute approximate surface area is 153 Å². The maximum absolute atomic E-state index is 12.4. The summed E-state index contributed by atoms with van der Waals surface area (Å²) in [6, 6.07) is 21.1. The lowest BCUT2D eigenvalue weighted by Gasteiger charge is -2.16. The van der Waals surface area contributed by atoms with Gasteiger partial charge in [-0.1, -0.05) is 36.4 Å². The number of hydrogen-bond acceptors (Lipinski definition) is 3. The van der Waals surface area contributed by atoms with Gasteiger partial charge in [0.05, 0.1) is 6.10 Å². The average molecular weight is 349 g/mol. The van der Waals surface area contributed by atoms with Crippen molar-refractivity contribution >= 4 is 22.4 Å². The molecule has 1 amide bonds. The Balaban J connectivity index is 1.66. The van der Waals surface area contributed by atoms with Gasteiger partial charge in [0.15, 0.2) is 6.10 Å². The van der Waals surface area contributed by atoms with Crippen LogP contribution in [0.15, 0.2) is 66.7 Å². The molecule has 0 aliphatic heterocycles. The van der Waals surface area contributed by atoms with Gasteiger partial charge in [-0.3, -0.25) is 4.79 Å². The van der Waals surface area contributed by atoms with Crippen molar-refractivity contribution in [3.05, 3.63) is 66.7 Å². The van der Waals surface area contributed by atoms with Crippen molar-refractivity contribution in [3.8, 4) is 11.5 Å². The van der Waals surface area contributed by atoms with Crippen LogP contribution in [-0.4, -0.2) is 18.1 Å². The second-order valence-electron chi connectivity index (χ2n) is 6.42. The molecule has 0 fully saturated rings. The van der Waals surface area contributed by atoms with E-state index in [-0.39, 0.29) is 12.0 Å². The summed E-state index contributed by atoms with van der Waals surface area (Å²) >= 11 is 0. The molecule has 26 heavy (non-hydrogen) atoms. The highest BCUT2D eigenvalue weighted by Gasteiger charge is 2.16. The topological polar surface area (TPSA) is 47.6 Å². The molecule has 0 aliphatic rings. The number of rotatable bonds is 6. The molecule has 0 heterocycles. The van der Waals surface area contributed by atoms with Crippen molar-refractivity contribution in [2.75, 3.05) is 5.32 Å². The zero-order chi connectivity index (χ0) is 18.5. The van der Waals surface area contributed by atoms with Crippen LogP contribution in [0.2, 0.25) is 0 Å². The van der Waals surface area contributed by atoms with Crippen LogP contribution in [0.5, 0.6) is 11.5 Å². The van der Waals surface area contributed by atoms with Gasteiger partial charge in [-0.15, -0.1) is 0 Å². The molecule has 3 rings (SSSR count). The molecule has 1 atom stereocenters. The van der Waals surface area contributed by atoms with Crippen LogP contribution in [0, 0.1) is 0 Å². The van der Waals surface area contributed by atoms with Crippen molar-refractivity contribution in [3.63, 3.8) is 0 Å². The largest absolute Gasteiger partial charge is 0.491 e. The molecule has 1 N–H and O–H groups in total. The fourth-order valence-electron chi connectivity index (χ4n) is 2.68. The normalized spacial score (nSPS) is 12.0. The van der Waals surface area contributed by atoms with E-state index in [2.05, 4.69) is 5.32 Å². The molecule has 0 spiro atoms. The van der Waals surface area contributed by atoms with Crippen LogP contribution in [0.1, 0.15) is 20.8 Å². The third-order valence-corrected chi connectivity index (χ3v) is 3.92. The number of fused-ring (bicyclic) bond motifs is 1. The fraction of sp³-hybridized carbons (Fsp3) is 0.227. The molecule has 1 unspecified atom stereocenters. The summed E-state index contributed by atoms with van der Waals surface area (Å²) in [5.74, 6) is 1.28. The fourth-order valence-corrected chi connectivity index (χ4v) is 2.68. The summed E-state index contributed by atoms with van der Waals surface area (Å²) in [6.45, 7) is 5.69. The van der Waals surface area contributed by atoms with Gasteiger partial charge in [-0.25, -0.2) is 0 Å². The first-order valence-corrected chi connectivity index (χ1v) is 8.75. The summed E-state index contributed by atoms with van der Waals surface area (Å²) in [7, 11) is 0. The summed E-state index contributed by atoms with van der Waals surface area (Å²) in [4.78, 5) is 12.4. The van der Waals surface area contributed by atoms with Crippen LogP contribution in [0.3, 0.4) is 0 Å². The van der Waals surface area contributed by atoms with Crippen LogP contribution in [-0.2, 0) is 4.79 Å². The van der Waals surface area contributed by atoms with E-state index in [0.717, 1.165) is 16.5 Å². The van der Waals surface area contributed by atoms with Crippen LogP contribution in [0.4, 0.5) is 5.69 Å². The Bertz CT molecular complexity index is 882. The minimum Gasteiger partial charge on any atom is -0.491 e. The van der Waals surface area contributed by atoms with Crippen molar-refractivity contribution in [1.29, 1.82) is 0 Å². The van der Waals surface area contributed by atoms with Crippen molar-refractivity contribution in [2.24, 2.45) is 0 Å². The van der Waals surface area contributed by atoms with E-state index in [1.54, 1.807) is 6.92 Å². The predicted octanol–water partition coefficient (Wildman–Crippen LogP) is 5.03. The molecule has 3 aromatic carbocycles. The average Bonchev–Trinajstić information content (AvgIpc) is 2.63. The van der Waals surface area contributed by atoms with Crippen molar-refractivity contribution in [1.82, 2.24) is 0 Å². The first kappa shape index (κ1) is 17.8.